The summed E-state index contributed by atoms with van der Waals surface area (Å²) >= 11 is 6.75. The topological polar surface area (TPSA) is 24.9 Å². The van der Waals surface area contributed by atoms with E-state index in [0.717, 1.165) is 21.4 Å². The third-order valence-corrected chi connectivity index (χ3v) is 3.07. The van der Waals surface area contributed by atoms with Crippen LogP contribution in [0.1, 0.15) is 5.56 Å². The Balaban J connectivity index is 1.99. The molecule has 16 heavy (non-hydrogen) atoms. The van der Waals surface area contributed by atoms with Crippen LogP contribution >= 0.6 is 31.9 Å². The lowest BCUT2D eigenvalue weighted by atomic mass is 10.2. The third-order valence-electron chi connectivity index (χ3n) is 2.10. The molecule has 1 heterocycles. The Kier molecular flexibility index (Phi) is 3.96. The van der Waals surface area contributed by atoms with E-state index >= 15 is 0 Å². The lowest BCUT2D eigenvalue weighted by Gasteiger charge is -2.05. The fourth-order valence-electron chi connectivity index (χ4n) is 1.30. The van der Waals surface area contributed by atoms with Gasteiger partial charge in [0, 0.05) is 11.0 Å². The first-order valence-corrected chi connectivity index (χ1v) is 6.43. The molecule has 1 aromatic carbocycles. The summed E-state index contributed by atoms with van der Waals surface area (Å²) in [5.74, 6) is 0.872. The van der Waals surface area contributed by atoms with Crippen molar-refractivity contribution in [3.63, 3.8) is 0 Å². The van der Waals surface area contributed by atoms with Crippen LogP contribution in [0, 0.1) is 0 Å². The SMILES string of the molecule is Brc1ccc(CNc2cccc(Br)n2)cc1. The molecule has 0 fully saturated rings. The maximum atomic E-state index is 4.30. The predicted octanol–water partition coefficient (Wildman–Crippen LogP) is 4.22. The summed E-state index contributed by atoms with van der Waals surface area (Å²) in [6.07, 6.45) is 0. The van der Waals surface area contributed by atoms with Crippen molar-refractivity contribution in [1.82, 2.24) is 4.98 Å². The van der Waals surface area contributed by atoms with E-state index < -0.39 is 0 Å². The molecule has 1 N–H and O–H groups in total. The lowest BCUT2D eigenvalue weighted by Crippen LogP contribution is -2.00. The number of halogens is 2. The molecule has 0 saturated heterocycles. The van der Waals surface area contributed by atoms with Gasteiger partial charge in [0.1, 0.15) is 10.4 Å². The van der Waals surface area contributed by atoms with Gasteiger partial charge in [-0.1, -0.05) is 34.1 Å². The molecule has 0 aliphatic rings. The van der Waals surface area contributed by atoms with Crippen molar-refractivity contribution in [2.24, 2.45) is 0 Å². The summed E-state index contributed by atoms with van der Waals surface area (Å²) in [6.45, 7) is 0.775. The van der Waals surface area contributed by atoms with Crippen molar-refractivity contribution in [3.05, 3.63) is 57.1 Å². The highest BCUT2D eigenvalue weighted by Gasteiger charge is 1.96. The van der Waals surface area contributed by atoms with Crippen LogP contribution in [0.2, 0.25) is 0 Å². The van der Waals surface area contributed by atoms with Crippen molar-refractivity contribution < 1.29 is 0 Å². The van der Waals surface area contributed by atoms with Gasteiger partial charge in [0.05, 0.1) is 0 Å². The van der Waals surface area contributed by atoms with Crippen LogP contribution in [-0.2, 0) is 6.54 Å². The summed E-state index contributed by atoms with van der Waals surface area (Å²) in [6, 6.07) is 14.0. The van der Waals surface area contributed by atoms with Crippen molar-refractivity contribution in [1.29, 1.82) is 0 Å². The van der Waals surface area contributed by atoms with E-state index in [1.165, 1.54) is 5.56 Å². The Morgan fingerprint density at radius 2 is 1.75 bits per heavy atom. The predicted molar refractivity (Wildman–Crippen MR) is 73.4 cm³/mol. The number of hydrogen-bond acceptors (Lipinski definition) is 2. The average molecular weight is 342 g/mol. The molecule has 0 unspecified atom stereocenters. The summed E-state index contributed by atoms with van der Waals surface area (Å²) < 4.78 is 1.94. The first-order chi connectivity index (χ1) is 7.74. The summed E-state index contributed by atoms with van der Waals surface area (Å²) in [7, 11) is 0. The minimum Gasteiger partial charge on any atom is -0.366 e. The second-order valence-corrected chi connectivity index (χ2v) is 5.05. The minimum absolute atomic E-state index is 0.775. The number of aromatic nitrogens is 1. The molecule has 1 aromatic heterocycles. The Labute approximate surface area is 111 Å². The number of nitrogens with zero attached hydrogens (tertiary/aromatic N) is 1. The molecular formula is C12H10Br2N2. The monoisotopic (exact) mass is 340 g/mol. The number of anilines is 1. The molecule has 2 nitrogen and oxygen atoms in total. The van der Waals surface area contributed by atoms with Crippen molar-refractivity contribution in [2.75, 3.05) is 5.32 Å². The molecule has 0 bridgehead atoms. The summed E-state index contributed by atoms with van der Waals surface area (Å²) in [5.41, 5.74) is 1.23. The average Bonchev–Trinajstić information content (AvgIpc) is 2.28. The highest BCUT2D eigenvalue weighted by Crippen LogP contribution is 2.13. The maximum Gasteiger partial charge on any atom is 0.127 e. The summed E-state index contributed by atoms with van der Waals surface area (Å²) in [5, 5.41) is 3.26. The van der Waals surface area contributed by atoms with Gasteiger partial charge in [0.2, 0.25) is 0 Å². The van der Waals surface area contributed by atoms with Gasteiger partial charge >= 0.3 is 0 Å². The number of pyridine rings is 1. The van der Waals surface area contributed by atoms with Crippen molar-refractivity contribution in [2.45, 2.75) is 6.54 Å². The highest BCUT2D eigenvalue weighted by atomic mass is 79.9. The molecule has 0 saturated carbocycles. The normalized spacial score (nSPS) is 10.1. The zero-order chi connectivity index (χ0) is 11.4. The van der Waals surface area contributed by atoms with Gasteiger partial charge in [0.15, 0.2) is 0 Å². The summed E-state index contributed by atoms with van der Waals surface area (Å²) in [4.78, 5) is 4.30. The van der Waals surface area contributed by atoms with E-state index in [1.807, 2.05) is 30.3 Å². The van der Waals surface area contributed by atoms with E-state index in [0.29, 0.717) is 0 Å². The zero-order valence-corrected chi connectivity index (χ0v) is 11.6. The molecule has 82 valence electrons. The van der Waals surface area contributed by atoms with E-state index in [4.69, 9.17) is 0 Å². The molecule has 2 rings (SSSR count). The molecule has 0 atom stereocenters. The van der Waals surface area contributed by atoms with Gasteiger partial charge in [-0.3, -0.25) is 0 Å². The minimum atomic E-state index is 0.775. The van der Waals surface area contributed by atoms with Gasteiger partial charge in [-0.2, -0.15) is 0 Å². The molecule has 0 aliphatic carbocycles. The molecule has 0 aliphatic heterocycles. The van der Waals surface area contributed by atoms with Crippen molar-refractivity contribution >= 4 is 37.7 Å². The smallest absolute Gasteiger partial charge is 0.127 e. The number of nitrogens with one attached hydrogen (secondary N) is 1. The quantitative estimate of drug-likeness (QED) is 0.845. The second-order valence-electron chi connectivity index (χ2n) is 3.33. The Morgan fingerprint density at radius 3 is 2.44 bits per heavy atom. The number of rotatable bonds is 3. The fourth-order valence-corrected chi connectivity index (χ4v) is 1.91. The third kappa shape index (κ3) is 3.32. The molecule has 2 aromatic rings. The first kappa shape index (κ1) is 11.6. The van der Waals surface area contributed by atoms with Gasteiger partial charge < -0.3 is 5.32 Å². The van der Waals surface area contributed by atoms with Crippen LogP contribution in [-0.4, -0.2) is 4.98 Å². The second kappa shape index (κ2) is 5.46. The van der Waals surface area contributed by atoms with E-state index in [-0.39, 0.29) is 0 Å². The van der Waals surface area contributed by atoms with Gasteiger partial charge in [-0.25, -0.2) is 4.98 Å². The van der Waals surface area contributed by atoms with Crippen molar-refractivity contribution in [3.8, 4) is 0 Å². The van der Waals surface area contributed by atoms with E-state index in [2.05, 4.69) is 54.3 Å². The maximum absolute atomic E-state index is 4.30. The molecule has 0 spiro atoms. The fraction of sp³-hybridized carbons (Fsp3) is 0.0833. The Hall–Kier alpha value is -0.870. The molecule has 0 amide bonds. The van der Waals surface area contributed by atoms with Gasteiger partial charge in [-0.05, 0) is 45.8 Å². The lowest BCUT2D eigenvalue weighted by molar-refractivity contribution is 1.10. The van der Waals surface area contributed by atoms with Crippen LogP contribution in [0.5, 0.6) is 0 Å². The Bertz CT molecular complexity index is 469. The molecule has 4 heteroatoms. The van der Waals surface area contributed by atoms with Crippen LogP contribution < -0.4 is 5.32 Å². The van der Waals surface area contributed by atoms with Crippen LogP contribution in [0.15, 0.2) is 51.5 Å². The largest absolute Gasteiger partial charge is 0.366 e. The Morgan fingerprint density at radius 1 is 1.00 bits per heavy atom. The zero-order valence-electron chi connectivity index (χ0n) is 8.45. The highest BCUT2D eigenvalue weighted by molar-refractivity contribution is 9.10. The first-order valence-electron chi connectivity index (χ1n) is 4.85. The van der Waals surface area contributed by atoms with Gasteiger partial charge in [0.25, 0.3) is 0 Å². The molecule has 0 radical (unpaired) electrons. The van der Waals surface area contributed by atoms with E-state index in [1.54, 1.807) is 0 Å². The number of benzene rings is 1. The van der Waals surface area contributed by atoms with Gasteiger partial charge in [-0.15, -0.1) is 0 Å². The van der Waals surface area contributed by atoms with Crippen LogP contribution in [0.25, 0.3) is 0 Å². The molecular weight excluding hydrogens is 332 g/mol. The van der Waals surface area contributed by atoms with Crippen LogP contribution in [0.3, 0.4) is 0 Å². The standard InChI is InChI=1S/C12H10Br2N2/c13-10-6-4-9(5-7-10)8-15-12-3-1-2-11(14)16-12/h1-7H,8H2,(H,15,16). The van der Waals surface area contributed by atoms with Crippen LogP contribution in [0.4, 0.5) is 5.82 Å². The van der Waals surface area contributed by atoms with E-state index in [9.17, 15) is 0 Å². The number of hydrogen-bond donors (Lipinski definition) is 1.